The topological polar surface area (TPSA) is 44.1 Å². The Labute approximate surface area is 112 Å². The third-order valence-electron chi connectivity index (χ3n) is 3.44. The van der Waals surface area contributed by atoms with E-state index < -0.39 is 0 Å². The summed E-state index contributed by atoms with van der Waals surface area (Å²) in [6.45, 7) is 4.64. The summed E-state index contributed by atoms with van der Waals surface area (Å²) in [6.07, 6.45) is 2.97. The van der Waals surface area contributed by atoms with Gasteiger partial charge in [0.15, 0.2) is 0 Å². The van der Waals surface area contributed by atoms with Crippen molar-refractivity contribution in [2.75, 3.05) is 7.11 Å². The van der Waals surface area contributed by atoms with Crippen LogP contribution in [0.5, 0.6) is 0 Å². The van der Waals surface area contributed by atoms with Gasteiger partial charge in [-0.15, -0.1) is 0 Å². The van der Waals surface area contributed by atoms with Crippen LogP contribution in [0.2, 0.25) is 5.15 Å². The summed E-state index contributed by atoms with van der Waals surface area (Å²) >= 11 is 5.86. The highest BCUT2D eigenvalue weighted by molar-refractivity contribution is 6.29. The molecule has 1 heterocycles. The average Bonchev–Trinajstić information content (AvgIpc) is 3.10. The predicted octanol–water partition coefficient (Wildman–Crippen LogP) is 2.59. The third-order valence-corrected chi connectivity index (χ3v) is 3.63. The number of methoxy groups -OCH3 is 1. The van der Waals surface area contributed by atoms with E-state index in [0.717, 1.165) is 25.1 Å². The van der Waals surface area contributed by atoms with Crippen LogP contribution in [0.25, 0.3) is 0 Å². The summed E-state index contributed by atoms with van der Waals surface area (Å²) in [6, 6.07) is 1.38. The van der Waals surface area contributed by atoms with E-state index in [2.05, 4.69) is 4.98 Å². The molecule has 1 aliphatic carbocycles. The van der Waals surface area contributed by atoms with Crippen LogP contribution in [0.3, 0.4) is 0 Å². The van der Waals surface area contributed by atoms with Gasteiger partial charge in [-0.2, -0.15) is 0 Å². The van der Waals surface area contributed by atoms with Gasteiger partial charge in [0.2, 0.25) is 0 Å². The van der Waals surface area contributed by atoms with Crippen molar-refractivity contribution in [3.63, 3.8) is 0 Å². The molecule has 0 radical (unpaired) electrons. The van der Waals surface area contributed by atoms with Crippen LogP contribution in [0.4, 0.5) is 0 Å². The van der Waals surface area contributed by atoms with E-state index in [1.165, 1.54) is 6.07 Å². The highest BCUT2D eigenvalue weighted by Gasteiger charge is 2.29. The summed E-state index contributed by atoms with van der Waals surface area (Å²) < 4.78 is 7.12. The minimum atomic E-state index is -0.236. The van der Waals surface area contributed by atoms with E-state index in [0.29, 0.717) is 17.6 Å². The molecule has 0 atom stereocenters. The lowest BCUT2D eigenvalue weighted by Gasteiger charge is -2.23. The van der Waals surface area contributed by atoms with Gasteiger partial charge in [0.25, 0.3) is 5.56 Å². The van der Waals surface area contributed by atoms with Crippen LogP contribution in [0.15, 0.2) is 10.9 Å². The Balaban J connectivity index is 2.24. The molecule has 1 aliphatic rings. The van der Waals surface area contributed by atoms with Crippen LogP contribution in [-0.4, -0.2) is 22.3 Å². The van der Waals surface area contributed by atoms with E-state index in [-0.39, 0.29) is 11.2 Å². The number of ether oxygens (including phenoxy) is 1. The lowest BCUT2D eigenvalue weighted by Crippen LogP contribution is -2.30. The molecule has 5 heteroatoms. The van der Waals surface area contributed by atoms with Crippen LogP contribution in [0, 0.1) is 0 Å². The fraction of sp³-hybridized carbons (Fsp3) is 0.692. The lowest BCUT2D eigenvalue weighted by atomic mass is 10.1. The molecular weight excluding hydrogens is 252 g/mol. The molecule has 100 valence electrons. The van der Waals surface area contributed by atoms with Gasteiger partial charge in [0.05, 0.1) is 5.60 Å². The summed E-state index contributed by atoms with van der Waals surface area (Å²) in [5.74, 6) is 1.24. The standard InChI is InChI=1S/C13H19ClN2O2/c1-13(2,18-3)6-7-16-11(17)8-10(14)15-12(16)9-4-5-9/h8-9H,4-7H2,1-3H3. The Morgan fingerprint density at radius 3 is 2.78 bits per heavy atom. The maximum Gasteiger partial charge on any atom is 0.254 e. The number of halogens is 1. The first-order chi connectivity index (χ1) is 8.43. The molecule has 0 amide bonds. The Hall–Kier alpha value is -0.870. The molecule has 0 N–H and O–H groups in total. The maximum atomic E-state index is 12.0. The zero-order valence-electron chi connectivity index (χ0n) is 11.1. The van der Waals surface area contributed by atoms with Gasteiger partial charge in [-0.1, -0.05) is 11.6 Å². The summed E-state index contributed by atoms with van der Waals surface area (Å²) in [4.78, 5) is 16.3. The Morgan fingerprint density at radius 1 is 1.56 bits per heavy atom. The van der Waals surface area contributed by atoms with Crippen molar-refractivity contribution >= 4 is 11.6 Å². The SMILES string of the molecule is COC(C)(C)CCn1c(C2CC2)nc(Cl)cc1=O. The second kappa shape index (κ2) is 5.02. The van der Waals surface area contributed by atoms with Crippen molar-refractivity contribution in [2.24, 2.45) is 0 Å². The van der Waals surface area contributed by atoms with Crippen LogP contribution >= 0.6 is 11.6 Å². The molecule has 2 rings (SSSR count). The molecule has 0 aromatic carbocycles. The zero-order chi connectivity index (χ0) is 13.3. The molecular formula is C13H19ClN2O2. The minimum absolute atomic E-state index is 0.0659. The number of hydrogen-bond donors (Lipinski definition) is 0. The Kier molecular flexibility index (Phi) is 3.78. The predicted molar refractivity (Wildman–Crippen MR) is 71.2 cm³/mol. The van der Waals surface area contributed by atoms with Crippen molar-refractivity contribution in [3.05, 3.63) is 27.4 Å². The first kappa shape index (κ1) is 13.6. The monoisotopic (exact) mass is 270 g/mol. The average molecular weight is 271 g/mol. The van der Waals surface area contributed by atoms with Crippen molar-refractivity contribution in [1.29, 1.82) is 0 Å². The van der Waals surface area contributed by atoms with Crippen LogP contribution < -0.4 is 5.56 Å². The van der Waals surface area contributed by atoms with Crippen LogP contribution in [-0.2, 0) is 11.3 Å². The van der Waals surface area contributed by atoms with Crippen molar-refractivity contribution in [2.45, 2.75) is 51.2 Å². The zero-order valence-corrected chi connectivity index (χ0v) is 11.8. The fourth-order valence-electron chi connectivity index (χ4n) is 1.86. The molecule has 1 fully saturated rings. The molecule has 1 aromatic rings. The van der Waals surface area contributed by atoms with E-state index in [9.17, 15) is 4.79 Å². The van der Waals surface area contributed by atoms with E-state index >= 15 is 0 Å². The van der Waals surface area contributed by atoms with E-state index in [1.807, 2.05) is 13.8 Å². The fourth-order valence-corrected chi connectivity index (χ4v) is 2.04. The lowest BCUT2D eigenvalue weighted by molar-refractivity contribution is 0.0116. The van der Waals surface area contributed by atoms with Gasteiger partial charge < -0.3 is 4.74 Å². The summed E-state index contributed by atoms with van der Waals surface area (Å²) in [5.41, 5.74) is -0.302. The smallest absolute Gasteiger partial charge is 0.254 e. The molecule has 0 saturated heterocycles. The molecule has 0 unspecified atom stereocenters. The van der Waals surface area contributed by atoms with Crippen molar-refractivity contribution in [1.82, 2.24) is 9.55 Å². The Morgan fingerprint density at radius 2 is 2.22 bits per heavy atom. The second-order valence-electron chi connectivity index (χ2n) is 5.42. The van der Waals surface area contributed by atoms with Crippen molar-refractivity contribution < 1.29 is 4.74 Å². The van der Waals surface area contributed by atoms with E-state index in [1.54, 1.807) is 11.7 Å². The van der Waals surface area contributed by atoms with Gasteiger partial charge in [0.1, 0.15) is 11.0 Å². The second-order valence-corrected chi connectivity index (χ2v) is 5.80. The van der Waals surface area contributed by atoms with Gasteiger partial charge in [-0.25, -0.2) is 4.98 Å². The first-order valence-electron chi connectivity index (χ1n) is 6.25. The highest BCUT2D eigenvalue weighted by Crippen LogP contribution is 2.38. The number of aromatic nitrogens is 2. The van der Waals surface area contributed by atoms with Gasteiger partial charge >= 0.3 is 0 Å². The van der Waals surface area contributed by atoms with Crippen molar-refractivity contribution in [3.8, 4) is 0 Å². The molecule has 0 spiro atoms. The maximum absolute atomic E-state index is 12.0. The van der Waals surface area contributed by atoms with Gasteiger partial charge in [0, 0.05) is 25.6 Å². The summed E-state index contributed by atoms with van der Waals surface area (Å²) in [5, 5.41) is 0.296. The third kappa shape index (κ3) is 3.12. The highest BCUT2D eigenvalue weighted by atomic mass is 35.5. The first-order valence-corrected chi connectivity index (χ1v) is 6.63. The van der Waals surface area contributed by atoms with E-state index in [4.69, 9.17) is 16.3 Å². The molecule has 0 aliphatic heterocycles. The molecule has 1 saturated carbocycles. The number of nitrogens with zero attached hydrogens (tertiary/aromatic N) is 2. The number of hydrogen-bond acceptors (Lipinski definition) is 3. The van der Waals surface area contributed by atoms with Gasteiger partial charge in [-0.3, -0.25) is 9.36 Å². The van der Waals surface area contributed by atoms with Gasteiger partial charge in [-0.05, 0) is 33.1 Å². The quantitative estimate of drug-likeness (QED) is 0.773. The number of rotatable bonds is 5. The molecule has 18 heavy (non-hydrogen) atoms. The van der Waals surface area contributed by atoms with Crippen LogP contribution in [0.1, 0.15) is 44.9 Å². The molecule has 1 aromatic heterocycles. The molecule has 0 bridgehead atoms. The largest absolute Gasteiger partial charge is 0.379 e. The molecule has 4 nitrogen and oxygen atoms in total. The normalized spacial score (nSPS) is 16.0. The summed E-state index contributed by atoms with van der Waals surface area (Å²) in [7, 11) is 1.69. The minimum Gasteiger partial charge on any atom is -0.379 e. The Bertz CT molecular complexity index is 492.